The lowest BCUT2D eigenvalue weighted by Gasteiger charge is -2.00. The number of carboxylic acids is 1. The molecular weight excluding hydrogens is 132 g/mol. The van der Waals surface area contributed by atoms with Gasteiger partial charge in [0, 0.05) is 6.42 Å². The highest BCUT2D eigenvalue weighted by molar-refractivity contribution is 5.84. The molecule has 1 aliphatic rings. The van der Waals surface area contributed by atoms with Gasteiger partial charge in [-0.05, 0) is 0 Å². The number of nitrogens with two attached hydrogens (primary N) is 1. The molecule has 0 bridgehead atoms. The van der Waals surface area contributed by atoms with E-state index in [0.29, 0.717) is 0 Å². The van der Waals surface area contributed by atoms with Crippen molar-refractivity contribution in [3.8, 4) is 0 Å². The van der Waals surface area contributed by atoms with Crippen LogP contribution in [0.5, 0.6) is 0 Å². The normalized spacial score (nSPS) is 38.1. The maximum absolute atomic E-state index is 11.9. The smallest absolute Gasteiger partial charge is 0.330 e. The van der Waals surface area contributed by atoms with Gasteiger partial charge < -0.3 is 10.8 Å². The molecule has 1 fully saturated rings. The molecule has 52 valence electrons. The van der Waals surface area contributed by atoms with Crippen molar-refractivity contribution in [3.05, 3.63) is 0 Å². The number of rotatable bonds is 1. The highest BCUT2D eigenvalue weighted by atomic mass is 19.3. The van der Waals surface area contributed by atoms with E-state index in [1.54, 1.807) is 0 Å². The molecule has 0 aromatic heterocycles. The molecule has 5 heteroatoms. The minimum Gasteiger partial charge on any atom is -0.480 e. The van der Waals surface area contributed by atoms with Crippen LogP contribution in [0.4, 0.5) is 8.78 Å². The van der Waals surface area contributed by atoms with E-state index in [2.05, 4.69) is 0 Å². The average molecular weight is 137 g/mol. The van der Waals surface area contributed by atoms with Crippen LogP contribution < -0.4 is 5.73 Å². The molecule has 0 aromatic carbocycles. The van der Waals surface area contributed by atoms with Gasteiger partial charge in [0.15, 0.2) is 5.54 Å². The topological polar surface area (TPSA) is 63.3 Å². The number of aliphatic carboxylic acids is 1. The van der Waals surface area contributed by atoms with Gasteiger partial charge in [0.25, 0.3) is 5.92 Å². The quantitative estimate of drug-likeness (QED) is 0.526. The van der Waals surface area contributed by atoms with Crippen molar-refractivity contribution in [2.75, 3.05) is 0 Å². The lowest BCUT2D eigenvalue weighted by atomic mass is 10.3. The van der Waals surface area contributed by atoms with Crippen molar-refractivity contribution >= 4 is 5.97 Å². The van der Waals surface area contributed by atoms with E-state index in [1.165, 1.54) is 0 Å². The number of hydrogen-bond acceptors (Lipinski definition) is 2. The Kier molecular flexibility index (Phi) is 0.879. The summed E-state index contributed by atoms with van der Waals surface area (Å²) < 4.78 is 23.9. The Bertz CT molecular complexity index is 170. The Hall–Kier alpha value is -0.710. The van der Waals surface area contributed by atoms with Gasteiger partial charge in [-0.3, -0.25) is 0 Å². The van der Waals surface area contributed by atoms with Crippen LogP contribution in [0, 0.1) is 0 Å². The van der Waals surface area contributed by atoms with Crippen LogP contribution in [0.2, 0.25) is 0 Å². The summed E-state index contributed by atoms with van der Waals surface area (Å²) in [4.78, 5) is 9.89. The van der Waals surface area contributed by atoms with Crippen LogP contribution in [-0.4, -0.2) is 22.5 Å². The van der Waals surface area contributed by atoms with Gasteiger partial charge in [-0.1, -0.05) is 0 Å². The molecule has 3 nitrogen and oxygen atoms in total. The number of alkyl halides is 2. The molecule has 0 aliphatic heterocycles. The summed E-state index contributed by atoms with van der Waals surface area (Å²) in [6.45, 7) is 0. The molecule has 3 N–H and O–H groups in total. The highest BCUT2D eigenvalue weighted by Gasteiger charge is 2.74. The fraction of sp³-hybridized carbons (Fsp3) is 0.750. The van der Waals surface area contributed by atoms with Gasteiger partial charge in [0.1, 0.15) is 0 Å². The summed E-state index contributed by atoms with van der Waals surface area (Å²) in [5.74, 6) is -4.83. The summed E-state index contributed by atoms with van der Waals surface area (Å²) in [6, 6.07) is 0. The number of carbonyl (C=O) groups is 1. The molecule has 1 aliphatic carbocycles. The van der Waals surface area contributed by atoms with Crippen molar-refractivity contribution in [3.63, 3.8) is 0 Å². The van der Waals surface area contributed by atoms with Gasteiger partial charge in [-0.15, -0.1) is 0 Å². The zero-order valence-corrected chi connectivity index (χ0v) is 4.40. The van der Waals surface area contributed by atoms with E-state index in [-0.39, 0.29) is 0 Å². The first-order valence-corrected chi connectivity index (χ1v) is 2.30. The second kappa shape index (κ2) is 1.23. The lowest BCUT2D eigenvalue weighted by molar-refractivity contribution is -0.142. The molecule has 0 saturated heterocycles. The molecule has 1 saturated carbocycles. The first-order valence-electron chi connectivity index (χ1n) is 2.30. The Labute approximate surface area is 49.5 Å². The highest BCUT2D eigenvalue weighted by Crippen LogP contribution is 2.50. The van der Waals surface area contributed by atoms with Crippen LogP contribution in [0.1, 0.15) is 6.42 Å². The lowest BCUT2D eigenvalue weighted by Crippen LogP contribution is -2.38. The minimum atomic E-state index is -3.20. The van der Waals surface area contributed by atoms with E-state index in [1.807, 2.05) is 0 Å². The predicted molar refractivity (Wildman–Crippen MR) is 24.1 cm³/mol. The SMILES string of the molecule is N[C@]1(C(=O)O)CC1(F)F. The summed E-state index contributed by atoms with van der Waals surface area (Å²) in [7, 11) is 0. The largest absolute Gasteiger partial charge is 0.480 e. The number of halogens is 2. The van der Waals surface area contributed by atoms with Crippen LogP contribution >= 0.6 is 0 Å². The first-order chi connectivity index (χ1) is 3.90. The van der Waals surface area contributed by atoms with E-state index in [0.717, 1.165) is 0 Å². The Morgan fingerprint density at radius 3 is 2.00 bits per heavy atom. The van der Waals surface area contributed by atoms with E-state index < -0.39 is 23.9 Å². The maximum atomic E-state index is 11.9. The summed E-state index contributed by atoms with van der Waals surface area (Å²) >= 11 is 0. The van der Waals surface area contributed by atoms with Crippen LogP contribution in [0.3, 0.4) is 0 Å². The van der Waals surface area contributed by atoms with Gasteiger partial charge >= 0.3 is 5.97 Å². The molecule has 0 spiro atoms. The van der Waals surface area contributed by atoms with E-state index in [4.69, 9.17) is 10.8 Å². The van der Waals surface area contributed by atoms with E-state index >= 15 is 0 Å². The summed E-state index contributed by atoms with van der Waals surface area (Å²) in [5, 5.41) is 8.04. The Morgan fingerprint density at radius 2 is 2.00 bits per heavy atom. The van der Waals surface area contributed by atoms with Crippen molar-refractivity contribution < 1.29 is 18.7 Å². The molecule has 0 radical (unpaired) electrons. The molecule has 0 unspecified atom stereocenters. The number of hydrogen-bond donors (Lipinski definition) is 2. The molecule has 9 heavy (non-hydrogen) atoms. The summed E-state index contributed by atoms with van der Waals surface area (Å²) in [5.41, 5.74) is 2.45. The van der Waals surface area contributed by atoms with Gasteiger partial charge in [-0.25, -0.2) is 13.6 Å². The molecule has 1 atom stereocenters. The molecule has 1 rings (SSSR count). The molecule has 0 aromatic rings. The average Bonchev–Trinajstić information content (AvgIpc) is 2.08. The van der Waals surface area contributed by atoms with E-state index in [9.17, 15) is 13.6 Å². The fourth-order valence-corrected chi connectivity index (χ4v) is 0.538. The number of carboxylic acid groups (broad SMARTS) is 1. The second-order valence-corrected chi connectivity index (χ2v) is 2.16. The van der Waals surface area contributed by atoms with Crippen molar-refractivity contribution in [2.24, 2.45) is 5.73 Å². The standard InChI is InChI=1S/C4H5F2NO2/c5-4(6)1-3(4,7)2(8)9/h1,7H2,(H,8,9)/t3-/m0/s1. The van der Waals surface area contributed by atoms with Crippen molar-refractivity contribution in [2.45, 2.75) is 17.9 Å². The molecule has 0 heterocycles. The third kappa shape index (κ3) is 0.610. The van der Waals surface area contributed by atoms with Gasteiger partial charge in [-0.2, -0.15) is 0 Å². The predicted octanol–water partition coefficient (Wildman–Crippen LogP) is -0.193. The maximum Gasteiger partial charge on any atom is 0.330 e. The third-order valence-corrected chi connectivity index (χ3v) is 1.41. The zero-order chi connectivity index (χ0) is 7.28. The van der Waals surface area contributed by atoms with Gasteiger partial charge in [0.05, 0.1) is 0 Å². The molecule has 0 amide bonds. The monoisotopic (exact) mass is 137 g/mol. The van der Waals surface area contributed by atoms with Gasteiger partial charge in [0.2, 0.25) is 0 Å². The zero-order valence-electron chi connectivity index (χ0n) is 4.40. The van der Waals surface area contributed by atoms with Crippen molar-refractivity contribution in [1.82, 2.24) is 0 Å². The third-order valence-electron chi connectivity index (χ3n) is 1.41. The van der Waals surface area contributed by atoms with Crippen LogP contribution in [0.15, 0.2) is 0 Å². The second-order valence-electron chi connectivity index (χ2n) is 2.16. The van der Waals surface area contributed by atoms with Crippen molar-refractivity contribution in [1.29, 1.82) is 0 Å². The first kappa shape index (κ1) is 6.41. The summed E-state index contributed by atoms with van der Waals surface area (Å²) in [6.07, 6.45) is -0.741. The van der Waals surface area contributed by atoms with Crippen LogP contribution in [0.25, 0.3) is 0 Å². The Balaban J connectivity index is 2.74. The molecular formula is C4H5F2NO2. The van der Waals surface area contributed by atoms with Crippen LogP contribution in [-0.2, 0) is 4.79 Å². The minimum absolute atomic E-state index is 0.741. The Morgan fingerprint density at radius 1 is 1.67 bits per heavy atom. The fourth-order valence-electron chi connectivity index (χ4n) is 0.538.